The van der Waals surface area contributed by atoms with Crippen molar-refractivity contribution in [2.24, 2.45) is 50.2 Å². The normalized spacial score (nSPS) is 18.3. The summed E-state index contributed by atoms with van der Waals surface area (Å²) >= 11 is 0. The maximum Gasteiger partial charge on any atom is 0.508 e. The summed E-state index contributed by atoms with van der Waals surface area (Å²) in [5.41, 5.74) is 2.47. The minimum absolute atomic E-state index is 0.0303. The van der Waals surface area contributed by atoms with Gasteiger partial charge in [0, 0.05) is 156 Å². The maximum atomic E-state index is 11.3. The Morgan fingerprint density at radius 2 is 0.544 bits per heavy atom. The molecule has 0 aromatic heterocycles. The Labute approximate surface area is 831 Å². The highest BCUT2D eigenvalue weighted by Gasteiger charge is 2.44. The summed E-state index contributed by atoms with van der Waals surface area (Å²) < 4.78 is 59.7. The third kappa shape index (κ3) is 105. The predicted molar refractivity (Wildman–Crippen MR) is 557 cm³/mol. The van der Waals surface area contributed by atoms with E-state index >= 15 is 0 Å². The lowest BCUT2D eigenvalue weighted by Gasteiger charge is -2.46. The smallest absolute Gasteiger partial charge is 0.434 e. The number of amides is 3. The molecular weight excluding hydrogens is 1730 g/mol. The highest BCUT2D eigenvalue weighted by Crippen LogP contribution is 2.52. The van der Waals surface area contributed by atoms with Crippen molar-refractivity contribution in [3.63, 3.8) is 0 Å². The van der Waals surface area contributed by atoms with Crippen molar-refractivity contribution in [2.75, 3.05) is 210 Å². The van der Waals surface area contributed by atoms with Gasteiger partial charge >= 0.3 is 12.3 Å². The zero-order chi connectivity index (χ0) is 104. The monoisotopic (exact) mass is 1930 g/mol. The average molecular weight is 1940 g/mol. The number of ketones is 3. The van der Waals surface area contributed by atoms with Gasteiger partial charge in [-0.05, 0) is 264 Å². The lowest BCUT2D eigenvalue weighted by Crippen LogP contribution is -2.43. The van der Waals surface area contributed by atoms with E-state index in [1.54, 1.807) is 98.4 Å². The summed E-state index contributed by atoms with van der Waals surface area (Å²) in [6, 6.07) is 0. The number of carbonyl (C=O) groups is 8. The molecule has 0 aromatic carbocycles. The molecule has 136 heavy (non-hydrogen) atoms. The van der Waals surface area contributed by atoms with E-state index < -0.39 is 12.3 Å². The van der Waals surface area contributed by atoms with Crippen LogP contribution in [-0.2, 0) is 85.6 Å². The van der Waals surface area contributed by atoms with Crippen molar-refractivity contribution in [1.29, 1.82) is 0 Å². The number of nitrogens with one attached hydrogen (secondary N) is 7. The number of hydrogen-bond acceptors (Lipinski definition) is 24. The second kappa shape index (κ2) is 96.4. The fourth-order valence-corrected chi connectivity index (χ4v) is 18.0. The molecule has 6 unspecified atom stereocenters. The minimum Gasteiger partial charge on any atom is -0.434 e. The van der Waals surface area contributed by atoms with Gasteiger partial charge in [-0.3, -0.25) is 14.4 Å². The molecule has 0 radical (unpaired) electrons. The number of hydrogen-bond donors (Lipinski definition) is 7. The van der Waals surface area contributed by atoms with Crippen LogP contribution in [0.1, 0.15) is 348 Å². The van der Waals surface area contributed by atoms with Crippen LogP contribution >= 0.6 is 0 Å². The minimum atomic E-state index is -0.531. The molecule has 0 heterocycles. The first kappa shape index (κ1) is 141. The van der Waals surface area contributed by atoms with E-state index in [0.717, 1.165) is 246 Å². The molecule has 3 amide bonds. The molecule has 3 aliphatic carbocycles. The van der Waals surface area contributed by atoms with Gasteiger partial charge in [0.1, 0.15) is 17.3 Å². The first-order valence-corrected chi connectivity index (χ1v) is 51.0. The van der Waals surface area contributed by atoms with Crippen LogP contribution < -0.4 is 37.2 Å². The van der Waals surface area contributed by atoms with Gasteiger partial charge in [0.05, 0.1) is 65.8 Å². The SMILES string of the molecule is CC(=O)CC1CC(C)(C)CC(C)(CNC(C)=O)C1.CC(=O)CC1CC(C)(C)CC(C)(CNC(C)=O)C1.CC(=O)CC1CC(C)(C)CC(C)(CNC(C)=O)C1.CCCC/C(=C\COC)COC.CNCC#CC#CCNC.CNCC#CCNC.COCCCCCCCCOC(=O)OCCCCCCOC.COCCCCCCCCOC(=O)OCCCCCCOC.COCCCCOC. The Morgan fingerprint density at radius 1 is 0.309 bits per heavy atom. The molecule has 798 valence electrons. The standard InChI is InChI=1S/2C17H34O5.3C15H27NO2.C10H20O2.C8H12N2.C6H12N2.C6H14O2/c2*1-19-13-9-5-3-4-6-11-15-21-17(18)22-16-12-8-7-10-14-20-2;3*1-11(17)6-13-7-14(3,4)9-15(5,8-13)10-16-12(2)18;1-4-5-6-10(9-12-3)7-8-11-2;1-9-7-5-3-4-6-8-10-2;2*1-7-5-3-4-6-8-2/h2*3-16H2,1-2H3;3*13H,6-10H2,1-5H3,(H,16,18);7H,4-6,8-9H2,1-3H3;9-10H,7-8H2,1-2H3;7-8H,5-6H2,1-2H3;3-6H2,1-2H3/b;;;;;10-7+;;;. The first-order chi connectivity index (χ1) is 64.6. The summed E-state index contributed by atoms with van der Waals surface area (Å²) in [4.78, 5) is 89.9. The molecule has 3 fully saturated rings. The van der Waals surface area contributed by atoms with Crippen LogP contribution in [0.25, 0.3) is 0 Å². The Balaban J connectivity index is -0.000000356. The molecule has 0 aliphatic heterocycles. The zero-order valence-corrected chi connectivity index (χ0v) is 92.1. The number of carbonyl (C=O) groups excluding carboxylic acids is 8. The summed E-state index contributed by atoms with van der Waals surface area (Å²) in [5.74, 6) is 19.2. The lowest BCUT2D eigenvalue weighted by atomic mass is 9.60. The largest absolute Gasteiger partial charge is 0.508 e. The molecule has 0 spiro atoms. The number of unbranched alkanes of at least 4 members (excludes halogenated alkanes) is 18. The zero-order valence-electron chi connectivity index (χ0n) is 92.1. The predicted octanol–water partition coefficient (Wildman–Crippen LogP) is 19.8. The summed E-state index contributed by atoms with van der Waals surface area (Å²) in [6.45, 7) is 45.6. The van der Waals surface area contributed by atoms with E-state index in [1.807, 2.05) is 28.2 Å². The topological polar surface area (TPSA) is 332 Å². The van der Waals surface area contributed by atoms with E-state index in [2.05, 4.69) is 148 Å². The molecule has 27 nitrogen and oxygen atoms in total. The summed E-state index contributed by atoms with van der Waals surface area (Å²) in [6.07, 6.45) is 40.4. The quantitative estimate of drug-likeness (QED) is 0.0129. The van der Waals surface area contributed by atoms with Crippen molar-refractivity contribution >= 4 is 47.4 Å². The van der Waals surface area contributed by atoms with Crippen LogP contribution in [0.5, 0.6) is 0 Å². The highest BCUT2D eigenvalue weighted by atomic mass is 16.7. The van der Waals surface area contributed by atoms with Gasteiger partial charge in [-0.15, -0.1) is 0 Å². The van der Waals surface area contributed by atoms with Gasteiger partial charge < -0.3 is 108 Å². The molecule has 3 saturated carbocycles. The third-order valence-electron chi connectivity index (χ3n) is 22.5. The Bertz CT molecular complexity index is 2900. The fraction of sp³-hybridized carbons (Fsp3) is 0.853. The number of Topliss-reactive ketones (excluding diaryl/α,β-unsaturated/α-hetero) is 3. The first-order valence-electron chi connectivity index (χ1n) is 51.0. The van der Waals surface area contributed by atoms with Gasteiger partial charge in [0.2, 0.25) is 17.7 Å². The van der Waals surface area contributed by atoms with Gasteiger partial charge in [0.25, 0.3) is 0 Å². The van der Waals surface area contributed by atoms with Gasteiger partial charge in [0.15, 0.2) is 0 Å². The van der Waals surface area contributed by atoms with Gasteiger partial charge in [-0.1, -0.05) is 170 Å². The third-order valence-corrected chi connectivity index (χ3v) is 22.5. The molecule has 3 rings (SSSR count). The Hall–Kier alpha value is -6.10. The van der Waals surface area contributed by atoms with Crippen molar-refractivity contribution in [3.05, 3.63) is 11.6 Å². The van der Waals surface area contributed by atoms with Crippen LogP contribution in [0, 0.1) is 85.8 Å². The van der Waals surface area contributed by atoms with Crippen molar-refractivity contribution < 1.29 is 95.2 Å². The van der Waals surface area contributed by atoms with Gasteiger partial charge in [-0.2, -0.15) is 0 Å². The molecule has 27 heteroatoms. The second-order valence-electron chi connectivity index (χ2n) is 40.3. The molecule has 0 saturated heterocycles. The molecular formula is C109H207N7O20. The molecule has 7 N–H and O–H groups in total. The van der Waals surface area contributed by atoms with E-state index in [4.69, 9.17) is 56.8 Å². The number of methoxy groups -OCH3 is 8. The van der Waals surface area contributed by atoms with E-state index in [1.165, 1.54) is 56.9 Å². The number of rotatable bonds is 60. The highest BCUT2D eigenvalue weighted by molar-refractivity contribution is 5.77. The second-order valence-corrected chi connectivity index (χ2v) is 40.3. The van der Waals surface area contributed by atoms with Crippen LogP contribution in [0.4, 0.5) is 9.59 Å². The molecule has 0 bridgehead atoms. The van der Waals surface area contributed by atoms with E-state index in [9.17, 15) is 38.4 Å². The Kier molecular flexibility index (Phi) is 99.7. The molecule has 0 aromatic rings. The van der Waals surface area contributed by atoms with Crippen molar-refractivity contribution in [2.45, 2.75) is 348 Å². The van der Waals surface area contributed by atoms with Crippen LogP contribution in [0.3, 0.4) is 0 Å². The summed E-state index contributed by atoms with van der Waals surface area (Å²) in [5, 5.41) is 20.5. The van der Waals surface area contributed by atoms with Crippen molar-refractivity contribution in [1.82, 2.24) is 37.2 Å². The molecule has 6 atom stereocenters. The van der Waals surface area contributed by atoms with E-state index in [-0.39, 0.29) is 67.6 Å². The van der Waals surface area contributed by atoms with E-state index in [0.29, 0.717) is 83.1 Å². The fourth-order valence-electron chi connectivity index (χ4n) is 18.0. The maximum absolute atomic E-state index is 11.3. The van der Waals surface area contributed by atoms with Gasteiger partial charge in [-0.25, -0.2) is 9.59 Å². The van der Waals surface area contributed by atoms with Crippen molar-refractivity contribution in [3.8, 4) is 35.5 Å². The summed E-state index contributed by atoms with van der Waals surface area (Å²) in [7, 11) is 21.2. The Morgan fingerprint density at radius 3 is 0.757 bits per heavy atom. The van der Waals surface area contributed by atoms with Crippen LogP contribution in [0.15, 0.2) is 11.6 Å². The van der Waals surface area contributed by atoms with Crippen LogP contribution in [-0.4, -0.2) is 258 Å². The number of ether oxygens (including phenoxy) is 12. The average Bonchev–Trinajstić information content (AvgIpc) is 0.810. The molecule has 3 aliphatic rings. The van der Waals surface area contributed by atoms with Crippen LogP contribution in [0.2, 0.25) is 0 Å². The lowest BCUT2D eigenvalue weighted by molar-refractivity contribution is -0.121.